The van der Waals surface area contributed by atoms with E-state index in [4.69, 9.17) is 14.9 Å². The minimum absolute atomic E-state index is 0.0270. The molecule has 0 aliphatic heterocycles. The number of furan rings is 1. The van der Waals surface area contributed by atoms with Crippen molar-refractivity contribution in [2.45, 2.75) is 33.7 Å². The molecule has 0 aromatic carbocycles. The summed E-state index contributed by atoms with van der Waals surface area (Å²) in [5.41, 5.74) is 7.50. The first-order valence-corrected chi connectivity index (χ1v) is 6.59. The summed E-state index contributed by atoms with van der Waals surface area (Å²) in [5, 5.41) is 3.26. The number of anilines is 2. The Bertz CT molecular complexity index is 595. The van der Waals surface area contributed by atoms with E-state index in [1.54, 1.807) is 0 Å². The lowest BCUT2D eigenvalue weighted by Crippen LogP contribution is -2.11. The number of nitrogens with two attached hydrogens (primary N) is 1. The molecule has 2 rings (SSSR count). The van der Waals surface area contributed by atoms with Gasteiger partial charge in [-0.2, -0.15) is 4.98 Å². The Balaban J connectivity index is 2.21. The summed E-state index contributed by atoms with van der Waals surface area (Å²) >= 11 is 0. The molecule has 0 amide bonds. The lowest BCUT2D eigenvalue weighted by atomic mass is 10.1. The molecule has 0 fully saturated rings. The summed E-state index contributed by atoms with van der Waals surface area (Å²) in [6, 6.07) is 2.03. The van der Waals surface area contributed by atoms with Crippen LogP contribution < -0.4 is 15.8 Å². The lowest BCUT2D eigenvalue weighted by molar-refractivity contribution is 0.328. The fourth-order valence-corrected chi connectivity index (χ4v) is 2.11. The molecule has 0 saturated heterocycles. The third kappa shape index (κ3) is 2.84. The van der Waals surface area contributed by atoms with Gasteiger partial charge in [0.15, 0.2) is 5.82 Å². The normalized spacial score (nSPS) is 12.2. The number of aryl methyl sites for hydroxylation is 2. The van der Waals surface area contributed by atoms with E-state index < -0.39 is 0 Å². The first kappa shape index (κ1) is 14.2. The van der Waals surface area contributed by atoms with Gasteiger partial charge in [-0.25, -0.2) is 4.98 Å². The second-order valence-electron chi connectivity index (χ2n) is 4.61. The van der Waals surface area contributed by atoms with Crippen molar-refractivity contribution in [3.8, 4) is 5.88 Å². The van der Waals surface area contributed by atoms with Gasteiger partial charge < -0.3 is 20.2 Å². The predicted octanol–water partition coefficient (Wildman–Crippen LogP) is 2.84. The van der Waals surface area contributed by atoms with E-state index in [0.717, 1.165) is 17.1 Å². The van der Waals surface area contributed by atoms with Crippen LogP contribution in [0.3, 0.4) is 0 Å². The van der Waals surface area contributed by atoms with Crippen LogP contribution in [0.2, 0.25) is 0 Å². The second-order valence-corrected chi connectivity index (χ2v) is 4.61. The Morgan fingerprint density at radius 2 is 2.15 bits per heavy atom. The van der Waals surface area contributed by atoms with Crippen LogP contribution >= 0.6 is 0 Å². The average molecular weight is 276 g/mol. The maximum absolute atomic E-state index is 6.00. The van der Waals surface area contributed by atoms with Gasteiger partial charge in [-0.05, 0) is 33.8 Å². The van der Waals surface area contributed by atoms with Crippen LogP contribution in [0, 0.1) is 13.8 Å². The van der Waals surface area contributed by atoms with Gasteiger partial charge in [-0.3, -0.25) is 0 Å². The summed E-state index contributed by atoms with van der Waals surface area (Å²) in [7, 11) is 0. The molecule has 0 saturated carbocycles. The molecular formula is C14H20N4O2. The smallest absolute Gasteiger partial charge is 0.242 e. The molecule has 2 aromatic rings. The molecule has 2 aromatic heterocycles. The zero-order valence-electron chi connectivity index (χ0n) is 12.2. The van der Waals surface area contributed by atoms with Crippen LogP contribution in [0.4, 0.5) is 11.5 Å². The molecular weight excluding hydrogens is 256 g/mol. The maximum atomic E-state index is 6.00. The van der Waals surface area contributed by atoms with Crippen LogP contribution in [-0.4, -0.2) is 16.6 Å². The van der Waals surface area contributed by atoms with Crippen LogP contribution in [0.25, 0.3) is 0 Å². The van der Waals surface area contributed by atoms with Crippen LogP contribution in [-0.2, 0) is 0 Å². The van der Waals surface area contributed by atoms with Crippen molar-refractivity contribution < 1.29 is 9.15 Å². The first-order chi connectivity index (χ1) is 9.52. The van der Waals surface area contributed by atoms with Gasteiger partial charge in [-0.1, -0.05) is 0 Å². The van der Waals surface area contributed by atoms with Gasteiger partial charge in [0.25, 0.3) is 0 Å². The Kier molecular flexibility index (Phi) is 4.12. The highest BCUT2D eigenvalue weighted by molar-refractivity contribution is 5.67. The summed E-state index contributed by atoms with van der Waals surface area (Å²) in [6.07, 6.45) is 1.43. The number of ether oxygens (including phenoxy) is 1. The van der Waals surface area contributed by atoms with Gasteiger partial charge in [-0.15, -0.1) is 0 Å². The summed E-state index contributed by atoms with van der Waals surface area (Å²) in [6.45, 7) is 8.29. The molecule has 1 unspecified atom stereocenters. The largest absolute Gasteiger partial charge is 0.476 e. The molecule has 20 heavy (non-hydrogen) atoms. The van der Waals surface area contributed by atoms with Crippen LogP contribution in [0.1, 0.15) is 37.0 Å². The van der Waals surface area contributed by atoms with E-state index in [1.165, 1.54) is 6.33 Å². The van der Waals surface area contributed by atoms with Crippen molar-refractivity contribution in [3.63, 3.8) is 0 Å². The summed E-state index contributed by atoms with van der Waals surface area (Å²) in [4.78, 5) is 8.18. The lowest BCUT2D eigenvalue weighted by Gasteiger charge is -2.16. The Hall–Kier alpha value is -2.24. The molecule has 0 radical (unpaired) electrons. The van der Waals surface area contributed by atoms with Crippen molar-refractivity contribution in [2.75, 3.05) is 17.7 Å². The Morgan fingerprint density at radius 3 is 2.75 bits per heavy atom. The standard InChI is InChI=1S/C14H20N4O2/c1-5-19-14-12(15)13(16-7-17-14)18-9(3)11-6-8(2)20-10(11)4/h6-7,9H,5,15H2,1-4H3,(H,16,17,18). The summed E-state index contributed by atoms with van der Waals surface area (Å²) < 4.78 is 10.9. The first-order valence-electron chi connectivity index (χ1n) is 6.59. The quantitative estimate of drug-likeness (QED) is 0.873. The topological polar surface area (TPSA) is 86.2 Å². The number of hydrogen-bond acceptors (Lipinski definition) is 6. The molecule has 108 valence electrons. The van der Waals surface area contributed by atoms with E-state index in [9.17, 15) is 0 Å². The fourth-order valence-electron chi connectivity index (χ4n) is 2.11. The number of nitrogen functional groups attached to an aromatic ring is 1. The number of hydrogen-bond donors (Lipinski definition) is 2. The molecule has 0 bridgehead atoms. The average Bonchev–Trinajstić information content (AvgIpc) is 2.73. The minimum atomic E-state index is 0.0270. The highest BCUT2D eigenvalue weighted by atomic mass is 16.5. The molecule has 6 heteroatoms. The number of aromatic nitrogens is 2. The zero-order chi connectivity index (χ0) is 14.7. The van der Waals surface area contributed by atoms with Crippen LogP contribution in [0.15, 0.2) is 16.8 Å². The number of rotatable bonds is 5. The zero-order valence-corrected chi connectivity index (χ0v) is 12.2. The van der Waals surface area contributed by atoms with Gasteiger partial charge in [0.2, 0.25) is 5.88 Å². The molecule has 2 heterocycles. The van der Waals surface area contributed by atoms with Gasteiger partial charge in [0.1, 0.15) is 23.5 Å². The van der Waals surface area contributed by atoms with Gasteiger partial charge >= 0.3 is 0 Å². The third-order valence-corrected chi connectivity index (χ3v) is 3.03. The van der Waals surface area contributed by atoms with Gasteiger partial charge in [0, 0.05) is 5.56 Å². The van der Waals surface area contributed by atoms with Crippen molar-refractivity contribution in [1.82, 2.24) is 9.97 Å². The predicted molar refractivity (Wildman–Crippen MR) is 77.8 cm³/mol. The summed E-state index contributed by atoms with van der Waals surface area (Å²) in [5.74, 6) is 2.74. The Morgan fingerprint density at radius 1 is 1.40 bits per heavy atom. The molecule has 1 atom stereocenters. The van der Waals surface area contributed by atoms with Crippen LogP contribution in [0.5, 0.6) is 5.88 Å². The van der Waals surface area contributed by atoms with E-state index in [-0.39, 0.29) is 6.04 Å². The fraction of sp³-hybridized carbons (Fsp3) is 0.429. The Labute approximate surface area is 118 Å². The number of nitrogens with zero attached hydrogens (tertiary/aromatic N) is 2. The molecule has 3 N–H and O–H groups in total. The highest BCUT2D eigenvalue weighted by Crippen LogP contribution is 2.29. The molecule has 6 nitrogen and oxygen atoms in total. The van der Waals surface area contributed by atoms with Gasteiger partial charge in [0.05, 0.1) is 12.6 Å². The highest BCUT2D eigenvalue weighted by Gasteiger charge is 2.16. The van der Waals surface area contributed by atoms with Crippen molar-refractivity contribution in [1.29, 1.82) is 0 Å². The van der Waals surface area contributed by atoms with E-state index in [0.29, 0.717) is 24.0 Å². The van der Waals surface area contributed by atoms with Crippen molar-refractivity contribution >= 4 is 11.5 Å². The molecule has 0 spiro atoms. The maximum Gasteiger partial charge on any atom is 0.242 e. The molecule has 0 aliphatic rings. The monoisotopic (exact) mass is 276 g/mol. The van der Waals surface area contributed by atoms with E-state index >= 15 is 0 Å². The van der Waals surface area contributed by atoms with E-state index in [2.05, 4.69) is 15.3 Å². The molecule has 0 aliphatic carbocycles. The number of nitrogens with one attached hydrogen (secondary N) is 1. The third-order valence-electron chi connectivity index (χ3n) is 3.03. The van der Waals surface area contributed by atoms with Crippen molar-refractivity contribution in [2.24, 2.45) is 0 Å². The SMILES string of the molecule is CCOc1ncnc(NC(C)c2cc(C)oc2C)c1N. The second kappa shape index (κ2) is 5.81. The van der Waals surface area contributed by atoms with E-state index in [1.807, 2.05) is 33.8 Å². The minimum Gasteiger partial charge on any atom is -0.476 e. The van der Waals surface area contributed by atoms with Crippen molar-refractivity contribution in [3.05, 3.63) is 29.5 Å².